The molecule has 1 aliphatic rings. The number of hydrogen-bond donors (Lipinski definition) is 1. The first-order valence-corrected chi connectivity index (χ1v) is 5.67. The van der Waals surface area contributed by atoms with Crippen molar-refractivity contribution in [2.45, 2.75) is 6.10 Å². The molecule has 98 valence electrons. The quantitative estimate of drug-likeness (QED) is 0.823. The normalized spacial score (nSPS) is 17.3. The number of benzene rings is 1. The van der Waals surface area contributed by atoms with E-state index in [9.17, 15) is 9.59 Å². The van der Waals surface area contributed by atoms with Gasteiger partial charge in [0.15, 0.2) is 0 Å². The summed E-state index contributed by atoms with van der Waals surface area (Å²) in [5.41, 5.74) is 0.387. The van der Waals surface area contributed by atoms with E-state index in [0.29, 0.717) is 5.56 Å². The minimum Gasteiger partial charge on any atom is -0.452 e. The van der Waals surface area contributed by atoms with Crippen LogP contribution in [0, 0.1) is 0 Å². The fraction of sp³-hybridized carbons (Fsp3) is 0.143. The van der Waals surface area contributed by atoms with Crippen LogP contribution < -0.4 is 0 Å². The number of aliphatic hydroxyl groups is 1. The highest BCUT2D eigenvalue weighted by Gasteiger charge is 2.16. The molecule has 0 bridgehead atoms. The lowest BCUT2D eigenvalue weighted by atomic mass is 10.2. The van der Waals surface area contributed by atoms with Gasteiger partial charge in [0.25, 0.3) is 0 Å². The Balaban J connectivity index is 2.02. The van der Waals surface area contributed by atoms with Crippen molar-refractivity contribution >= 4 is 11.9 Å². The molecule has 0 aliphatic carbocycles. The molecule has 1 aromatic carbocycles. The maximum absolute atomic E-state index is 11.8. The van der Waals surface area contributed by atoms with Crippen LogP contribution in [0.2, 0.25) is 0 Å². The Morgan fingerprint density at radius 1 is 1.32 bits per heavy atom. The zero-order valence-corrected chi connectivity index (χ0v) is 9.98. The molecule has 2 rings (SSSR count). The number of aliphatic hydroxyl groups excluding tert-OH is 1. The van der Waals surface area contributed by atoms with Gasteiger partial charge >= 0.3 is 11.9 Å². The van der Waals surface area contributed by atoms with E-state index in [1.807, 2.05) is 0 Å². The fourth-order valence-corrected chi connectivity index (χ4v) is 1.51. The zero-order chi connectivity index (χ0) is 13.7. The summed E-state index contributed by atoms with van der Waals surface area (Å²) in [6.07, 6.45) is 3.21. The van der Waals surface area contributed by atoms with Gasteiger partial charge in [-0.3, -0.25) is 0 Å². The van der Waals surface area contributed by atoms with Gasteiger partial charge in [-0.05, 0) is 18.2 Å². The average Bonchev–Trinajstić information content (AvgIpc) is 2.84. The second-order valence-electron chi connectivity index (χ2n) is 3.82. The van der Waals surface area contributed by atoms with Gasteiger partial charge < -0.3 is 14.6 Å². The molecular formula is C14H12O5. The highest BCUT2D eigenvalue weighted by atomic mass is 16.6. The summed E-state index contributed by atoms with van der Waals surface area (Å²) in [5, 5.41) is 9.16. The van der Waals surface area contributed by atoms with Crippen molar-refractivity contribution in [3.63, 3.8) is 0 Å². The number of rotatable bonds is 4. The summed E-state index contributed by atoms with van der Waals surface area (Å²) in [6.45, 7) is -0.395. The molecule has 0 radical (unpaired) electrons. The molecule has 0 aromatic heterocycles. The maximum atomic E-state index is 11.8. The number of carbonyl (C=O) groups excluding carboxylic acids is 2. The Morgan fingerprint density at radius 2 is 2.05 bits per heavy atom. The minimum atomic E-state index is -0.863. The highest BCUT2D eigenvalue weighted by Crippen LogP contribution is 2.12. The molecule has 0 saturated heterocycles. The van der Waals surface area contributed by atoms with E-state index in [1.54, 1.807) is 30.3 Å². The first kappa shape index (κ1) is 13.0. The lowest BCUT2D eigenvalue weighted by Crippen LogP contribution is -2.20. The third kappa shape index (κ3) is 3.53. The van der Waals surface area contributed by atoms with Gasteiger partial charge in [-0.1, -0.05) is 18.2 Å². The average molecular weight is 260 g/mol. The highest BCUT2D eigenvalue weighted by molar-refractivity contribution is 5.89. The van der Waals surface area contributed by atoms with Crippen LogP contribution in [0.1, 0.15) is 10.4 Å². The summed E-state index contributed by atoms with van der Waals surface area (Å²) in [4.78, 5) is 22.6. The second-order valence-corrected chi connectivity index (χ2v) is 3.82. The summed E-state index contributed by atoms with van der Waals surface area (Å²) in [5.74, 6) is -0.785. The van der Waals surface area contributed by atoms with Gasteiger partial charge in [0.1, 0.15) is 11.9 Å². The molecule has 0 spiro atoms. The molecule has 5 nitrogen and oxygen atoms in total. The summed E-state index contributed by atoms with van der Waals surface area (Å²) in [7, 11) is 0. The SMILES string of the molecule is O=C1C=C/C(=C\C(CO)OC(=O)c2ccccc2)O1. The van der Waals surface area contributed by atoms with Crippen LogP contribution in [0.4, 0.5) is 0 Å². The smallest absolute Gasteiger partial charge is 0.338 e. The molecule has 1 aromatic rings. The monoisotopic (exact) mass is 260 g/mol. The van der Waals surface area contributed by atoms with E-state index < -0.39 is 24.6 Å². The largest absolute Gasteiger partial charge is 0.452 e. The molecule has 19 heavy (non-hydrogen) atoms. The van der Waals surface area contributed by atoms with Gasteiger partial charge in [-0.2, -0.15) is 0 Å². The maximum Gasteiger partial charge on any atom is 0.338 e. The Kier molecular flexibility index (Phi) is 4.10. The number of cyclic esters (lactones) is 1. The van der Waals surface area contributed by atoms with Crippen LogP contribution in [0.3, 0.4) is 0 Å². The van der Waals surface area contributed by atoms with Crippen molar-refractivity contribution in [2.24, 2.45) is 0 Å². The number of ether oxygens (including phenoxy) is 2. The van der Waals surface area contributed by atoms with Gasteiger partial charge in [-0.15, -0.1) is 0 Å². The Bertz CT molecular complexity index is 530. The molecular weight excluding hydrogens is 248 g/mol. The second kappa shape index (κ2) is 5.97. The fourth-order valence-electron chi connectivity index (χ4n) is 1.51. The van der Waals surface area contributed by atoms with Gasteiger partial charge in [0.2, 0.25) is 0 Å². The first-order valence-electron chi connectivity index (χ1n) is 5.67. The lowest BCUT2D eigenvalue weighted by molar-refractivity contribution is -0.132. The Hall–Kier alpha value is -2.40. The molecule has 0 amide bonds. The van der Waals surface area contributed by atoms with Crippen molar-refractivity contribution in [3.05, 3.63) is 59.9 Å². The predicted molar refractivity (Wildman–Crippen MR) is 66.0 cm³/mol. The van der Waals surface area contributed by atoms with Crippen LogP contribution in [0.25, 0.3) is 0 Å². The third-order valence-electron chi connectivity index (χ3n) is 2.40. The predicted octanol–water partition coefficient (Wildman–Crippen LogP) is 1.20. The van der Waals surface area contributed by atoms with E-state index in [1.165, 1.54) is 18.2 Å². The van der Waals surface area contributed by atoms with Crippen LogP contribution in [0.15, 0.2) is 54.3 Å². The lowest BCUT2D eigenvalue weighted by Gasteiger charge is -2.12. The summed E-state index contributed by atoms with van der Waals surface area (Å²) >= 11 is 0. The molecule has 1 aliphatic heterocycles. The van der Waals surface area contributed by atoms with Gasteiger partial charge in [-0.25, -0.2) is 9.59 Å². The van der Waals surface area contributed by atoms with Crippen molar-refractivity contribution in [3.8, 4) is 0 Å². The van der Waals surface area contributed by atoms with Crippen LogP contribution in [-0.2, 0) is 14.3 Å². The summed E-state index contributed by atoms with van der Waals surface area (Å²) in [6, 6.07) is 8.43. The molecule has 0 saturated carbocycles. The van der Waals surface area contributed by atoms with E-state index >= 15 is 0 Å². The van der Waals surface area contributed by atoms with E-state index in [-0.39, 0.29) is 5.76 Å². The van der Waals surface area contributed by atoms with E-state index in [2.05, 4.69) is 0 Å². The molecule has 1 N–H and O–H groups in total. The Labute approximate surface area is 109 Å². The van der Waals surface area contributed by atoms with Crippen LogP contribution in [-0.4, -0.2) is 29.8 Å². The van der Waals surface area contributed by atoms with Gasteiger partial charge in [0, 0.05) is 12.2 Å². The topological polar surface area (TPSA) is 72.8 Å². The molecule has 1 heterocycles. The van der Waals surface area contributed by atoms with Crippen LogP contribution in [0.5, 0.6) is 0 Å². The van der Waals surface area contributed by atoms with E-state index in [0.717, 1.165) is 0 Å². The molecule has 1 unspecified atom stereocenters. The number of hydrogen-bond acceptors (Lipinski definition) is 5. The van der Waals surface area contributed by atoms with Gasteiger partial charge in [0.05, 0.1) is 12.2 Å². The molecule has 0 fully saturated rings. The van der Waals surface area contributed by atoms with Crippen molar-refractivity contribution in [1.82, 2.24) is 0 Å². The minimum absolute atomic E-state index is 0.255. The van der Waals surface area contributed by atoms with Crippen molar-refractivity contribution in [2.75, 3.05) is 6.61 Å². The number of carbonyl (C=O) groups is 2. The third-order valence-corrected chi connectivity index (χ3v) is 2.40. The van der Waals surface area contributed by atoms with Crippen molar-refractivity contribution < 1.29 is 24.2 Å². The number of allylic oxidation sites excluding steroid dienone is 1. The van der Waals surface area contributed by atoms with E-state index in [4.69, 9.17) is 14.6 Å². The first-order chi connectivity index (χ1) is 9.19. The number of esters is 2. The van der Waals surface area contributed by atoms with Crippen LogP contribution >= 0.6 is 0 Å². The Morgan fingerprint density at radius 3 is 2.63 bits per heavy atom. The van der Waals surface area contributed by atoms with Crippen molar-refractivity contribution in [1.29, 1.82) is 0 Å². The standard InChI is InChI=1S/C14H12O5/c15-9-12(8-11-6-7-13(16)18-11)19-14(17)10-4-2-1-3-5-10/h1-8,12,15H,9H2/b11-8+. The summed E-state index contributed by atoms with van der Waals surface area (Å²) < 4.78 is 9.88. The zero-order valence-electron chi connectivity index (χ0n) is 9.98. The molecule has 1 atom stereocenters. The molecule has 5 heteroatoms.